The highest BCUT2D eigenvalue weighted by atomic mass is 79.9. The maximum Gasteiger partial charge on any atom is 0.257 e. The van der Waals surface area contributed by atoms with Crippen LogP contribution in [-0.4, -0.2) is 25.7 Å². The maximum absolute atomic E-state index is 12.5. The molecule has 0 radical (unpaired) electrons. The number of halogens is 1. The van der Waals surface area contributed by atoms with E-state index >= 15 is 0 Å². The highest BCUT2D eigenvalue weighted by Gasteiger charge is 2.11. The lowest BCUT2D eigenvalue weighted by Crippen LogP contribution is -2.12. The lowest BCUT2D eigenvalue weighted by Gasteiger charge is -2.07. The molecular weight excluding hydrogens is 422 g/mol. The van der Waals surface area contributed by atoms with Crippen LogP contribution >= 0.6 is 15.9 Å². The van der Waals surface area contributed by atoms with Crippen LogP contribution in [0.25, 0.3) is 11.0 Å². The van der Waals surface area contributed by atoms with E-state index in [9.17, 15) is 4.79 Å². The van der Waals surface area contributed by atoms with Gasteiger partial charge in [0.25, 0.3) is 5.91 Å². The first-order chi connectivity index (χ1) is 13.5. The molecule has 0 aliphatic heterocycles. The summed E-state index contributed by atoms with van der Waals surface area (Å²) in [5.74, 6) is 0.790. The standard InChI is InChI=1S/C20H16BrN5O2/c1-12-17-9-15(11-23-19(17)26(2)25-12)24-20(27)13-6-7-18(22-10-13)28-16-5-3-4-14(21)8-16/h3-11H,1-2H3,(H,24,27). The third-order valence-electron chi connectivity index (χ3n) is 4.14. The van der Waals surface area contributed by atoms with Gasteiger partial charge in [-0.1, -0.05) is 22.0 Å². The molecule has 7 nitrogen and oxygen atoms in total. The van der Waals surface area contributed by atoms with Crippen molar-refractivity contribution in [3.05, 3.63) is 70.6 Å². The molecule has 0 saturated heterocycles. The molecule has 0 spiro atoms. The zero-order valence-electron chi connectivity index (χ0n) is 15.2. The first kappa shape index (κ1) is 18.1. The second kappa shape index (κ2) is 7.40. The molecule has 0 unspecified atom stereocenters. The van der Waals surface area contributed by atoms with E-state index < -0.39 is 0 Å². The van der Waals surface area contributed by atoms with E-state index in [2.05, 4.69) is 36.3 Å². The predicted molar refractivity (Wildman–Crippen MR) is 110 cm³/mol. The number of ether oxygens (including phenoxy) is 1. The van der Waals surface area contributed by atoms with Crippen LogP contribution in [0.1, 0.15) is 16.1 Å². The average Bonchev–Trinajstić information content (AvgIpc) is 2.96. The molecule has 1 N–H and O–H groups in total. The lowest BCUT2D eigenvalue weighted by molar-refractivity contribution is 0.102. The number of hydrogen-bond donors (Lipinski definition) is 1. The van der Waals surface area contributed by atoms with Crippen molar-refractivity contribution < 1.29 is 9.53 Å². The Labute approximate surface area is 169 Å². The number of carbonyl (C=O) groups excluding carboxylic acids is 1. The number of aryl methyl sites for hydroxylation is 2. The minimum atomic E-state index is -0.274. The summed E-state index contributed by atoms with van der Waals surface area (Å²) in [6.45, 7) is 1.91. The first-order valence-electron chi connectivity index (χ1n) is 8.50. The minimum absolute atomic E-state index is 0.274. The monoisotopic (exact) mass is 437 g/mol. The van der Waals surface area contributed by atoms with Crippen molar-refractivity contribution in [2.75, 3.05) is 5.32 Å². The third-order valence-corrected chi connectivity index (χ3v) is 4.63. The van der Waals surface area contributed by atoms with E-state index in [1.807, 2.05) is 44.3 Å². The molecule has 28 heavy (non-hydrogen) atoms. The van der Waals surface area contributed by atoms with Gasteiger partial charge in [0.15, 0.2) is 5.65 Å². The van der Waals surface area contributed by atoms with Gasteiger partial charge in [-0.05, 0) is 37.3 Å². The van der Waals surface area contributed by atoms with Crippen LogP contribution in [0.4, 0.5) is 5.69 Å². The summed E-state index contributed by atoms with van der Waals surface area (Å²) in [7, 11) is 1.84. The third kappa shape index (κ3) is 3.72. The molecule has 0 aliphatic carbocycles. The minimum Gasteiger partial charge on any atom is -0.439 e. The Morgan fingerprint density at radius 1 is 1.14 bits per heavy atom. The number of rotatable bonds is 4. The average molecular weight is 438 g/mol. The SMILES string of the molecule is Cc1nn(C)c2ncc(NC(=O)c3ccc(Oc4cccc(Br)c4)nc3)cc12. The molecule has 4 rings (SSSR count). The number of nitrogens with zero attached hydrogens (tertiary/aromatic N) is 4. The molecule has 1 amide bonds. The van der Waals surface area contributed by atoms with Gasteiger partial charge in [-0.3, -0.25) is 9.48 Å². The highest BCUT2D eigenvalue weighted by Crippen LogP contribution is 2.23. The van der Waals surface area contributed by atoms with Crippen molar-refractivity contribution in [3.63, 3.8) is 0 Å². The van der Waals surface area contributed by atoms with Crippen LogP contribution in [0.2, 0.25) is 0 Å². The Balaban J connectivity index is 1.48. The summed E-state index contributed by atoms with van der Waals surface area (Å²) in [5.41, 5.74) is 2.65. The van der Waals surface area contributed by atoms with Crippen LogP contribution in [0, 0.1) is 6.92 Å². The van der Waals surface area contributed by atoms with Crippen LogP contribution in [0.5, 0.6) is 11.6 Å². The first-order valence-corrected chi connectivity index (χ1v) is 9.29. The number of fused-ring (bicyclic) bond motifs is 1. The topological polar surface area (TPSA) is 81.9 Å². The fourth-order valence-electron chi connectivity index (χ4n) is 2.81. The number of pyridine rings is 2. The second-order valence-corrected chi connectivity index (χ2v) is 7.12. The van der Waals surface area contributed by atoms with E-state index in [-0.39, 0.29) is 5.91 Å². The van der Waals surface area contributed by atoms with Crippen molar-refractivity contribution >= 4 is 38.6 Å². The summed E-state index contributed by atoms with van der Waals surface area (Å²) >= 11 is 3.39. The zero-order valence-corrected chi connectivity index (χ0v) is 16.8. The van der Waals surface area contributed by atoms with Crippen molar-refractivity contribution in [1.29, 1.82) is 0 Å². The second-order valence-electron chi connectivity index (χ2n) is 6.20. The summed E-state index contributed by atoms with van der Waals surface area (Å²) in [5, 5.41) is 8.07. The highest BCUT2D eigenvalue weighted by molar-refractivity contribution is 9.10. The van der Waals surface area contributed by atoms with E-state index in [1.54, 1.807) is 23.0 Å². The smallest absolute Gasteiger partial charge is 0.257 e. The molecule has 0 aliphatic rings. The number of hydrogen-bond acceptors (Lipinski definition) is 5. The van der Waals surface area contributed by atoms with Crippen LogP contribution < -0.4 is 10.1 Å². The number of benzene rings is 1. The normalized spacial score (nSPS) is 10.8. The number of anilines is 1. The van der Waals surface area contributed by atoms with E-state index in [4.69, 9.17) is 4.74 Å². The van der Waals surface area contributed by atoms with Gasteiger partial charge in [-0.15, -0.1) is 0 Å². The van der Waals surface area contributed by atoms with Gasteiger partial charge >= 0.3 is 0 Å². The van der Waals surface area contributed by atoms with Crippen molar-refractivity contribution in [3.8, 4) is 11.6 Å². The maximum atomic E-state index is 12.5. The van der Waals surface area contributed by atoms with Gasteiger partial charge < -0.3 is 10.1 Å². The van der Waals surface area contributed by atoms with Gasteiger partial charge in [0.2, 0.25) is 5.88 Å². The van der Waals surface area contributed by atoms with Gasteiger partial charge in [0.05, 0.1) is 23.1 Å². The van der Waals surface area contributed by atoms with Crippen LogP contribution in [0.15, 0.2) is 59.3 Å². The van der Waals surface area contributed by atoms with Crippen molar-refractivity contribution in [2.24, 2.45) is 7.05 Å². The molecule has 1 aromatic carbocycles. The Kier molecular flexibility index (Phi) is 4.79. The molecule has 0 bridgehead atoms. The number of amides is 1. The zero-order chi connectivity index (χ0) is 19.7. The predicted octanol–water partition coefficient (Wildman–Crippen LogP) is 4.48. The Bertz CT molecular complexity index is 1170. The molecule has 3 aromatic heterocycles. The Morgan fingerprint density at radius 2 is 2.00 bits per heavy atom. The van der Waals surface area contributed by atoms with E-state index in [0.29, 0.717) is 22.9 Å². The molecule has 3 heterocycles. The number of carbonyl (C=O) groups is 1. The Morgan fingerprint density at radius 3 is 2.75 bits per heavy atom. The molecule has 0 fully saturated rings. The summed E-state index contributed by atoms with van der Waals surface area (Å²) in [6.07, 6.45) is 3.09. The fraction of sp³-hybridized carbons (Fsp3) is 0.100. The largest absolute Gasteiger partial charge is 0.439 e. The lowest BCUT2D eigenvalue weighted by atomic mass is 10.2. The quantitative estimate of drug-likeness (QED) is 0.508. The van der Waals surface area contributed by atoms with Gasteiger partial charge in [-0.2, -0.15) is 5.10 Å². The molecule has 0 saturated carbocycles. The Hall–Kier alpha value is -3.26. The molecule has 0 atom stereocenters. The van der Waals surface area contributed by atoms with Crippen LogP contribution in [-0.2, 0) is 7.05 Å². The molecule has 8 heteroatoms. The van der Waals surface area contributed by atoms with Gasteiger partial charge in [0, 0.05) is 29.2 Å². The summed E-state index contributed by atoms with van der Waals surface area (Å²) in [4.78, 5) is 21.1. The number of aromatic nitrogens is 4. The van der Waals surface area contributed by atoms with Gasteiger partial charge in [-0.25, -0.2) is 9.97 Å². The van der Waals surface area contributed by atoms with E-state index in [0.717, 1.165) is 21.2 Å². The molecule has 4 aromatic rings. The van der Waals surface area contributed by atoms with Crippen molar-refractivity contribution in [1.82, 2.24) is 19.7 Å². The summed E-state index contributed by atoms with van der Waals surface area (Å²) < 4.78 is 8.31. The molecule has 140 valence electrons. The fourth-order valence-corrected chi connectivity index (χ4v) is 3.18. The van der Waals surface area contributed by atoms with E-state index in [1.165, 1.54) is 6.20 Å². The van der Waals surface area contributed by atoms with Crippen molar-refractivity contribution in [2.45, 2.75) is 6.92 Å². The summed E-state index contributed by atoms with van der Waals surface area (Å²) in [6, 6.07) is 12.6. The van der Waals surface area contributed by atoms with Gasteiger partial charge in [0.1, 0.15) is 5.75 Å². The number of nitrogens with one attached hydrogen (secondary N) is 1. The van der Waals surface area contributed by atoms with Crippen LogP contribution in [0.3, 0.4) is 0 Å². The molecular formula is C20H16BrN5O2.